The highest BCUT2D eigenvalue weighted by Crippen LogP contribution is 2.03. The average molecular weight is 262 g/mol. The SMILES string of the molecule is C/C(=C\C(=O)N(C)C)NNC(=O)Nc1ccccc1. The molecule has 0 saturated heterocycles. The number of hydrazine groups is 1. The number of carbonyl (C=O) groups is 2. The molecule has 3 N–H and O–H groups in total. The number of rotatable bonds is 4. The number of hydrogen-bond donors (Lipinski definition) is 3. The lowest BCUT2D eigenvalue weighted by atomic mass is 10.3. The number of hydrogen-bond acceptors (Lipinski definition) is 3. The largest absolute Gasteiger partial charge is 0.345 e. The van der Waals surface area contributed by atoms with E-state index in [1.54, 1.807) is 33.2 Å². The highest BCUT2D eigenvalue weighted by molar-refractivity contribution is 5.89. The summed E-state index contributed by atoms with van der Waals surface area (Å²) in [5.74, 6) is -0.157. The first kappa shape index (κ1) is 14.6. The maximum atomic E-state index is 11.5. The zero-order valence-corrected chi connectivity index (χ0v) is 11.2. The van der Waals surface area contributed by atoms with Crippen LogP contribution in [0.15, 0.2) is 42.1 Å². The fraction of sp³-hybridized carbons (Fsp3) is 0.231. The Balaban J connectivity index is 2.40. The monoisotopic (exact) mass is 262 g/mol. The molecule has 0 unspecified atom stereocenters. The van der Waals surface area contributed by atoms with Crippen LogP contribution in [0, 0.1) is 0 Å². The van der Waals surface area contributed by atoms with Crippen molar-refractivity contribution in [3.8, 4) is 0 Å². The average Bonchev–Trinajstić information content (AvgIpc) is 2.37. The minimum Gasteiger partial charge on any atom is -0.345 e. The fourth-order valence-electron chi connectivity index (χ4n) is 1.19. The molecule has 1 rings (SSSR count). The van der Waals surface area contributed by atoms with Crippen LogP contribution in [0.2, 0.25) is 0 Å². The van der Waals surface area contributed by atoms with Crippen molar-refractivity contribution in [2.75, 3.05) is 19.4 Å². The molecule has 19 heavy (non-hydrogen) atoms. The van der Waals surface area contributed by atoms with Crippen LogP contribution in [0.25, 0.3) is 0 Å². The van der Waals surface area contributed by atoms with Gasteiger partial charge in [0, 0.05) is 31.6 Å². The summed E-state index contributed by atoms with van der Waals surface area (Å²) >= 11 is 0. The number of carbonyl (C=O) groups excluding carboxylic acids is 2. The maximum absolute atomic E-state index is 11.5. The van der Waals surface area contributed by atoms with Gasteiger partial charge >= 0.3 is 6.03 Å². The molecule has 0 atom stereocenters. The van der Waals surface area contributed by atoms with Crippen LogP contribution in [-0.2, 0) is 4.79 Å². The third-order valence-electron chi connectivity index (χ3n) is 2.19. The quantitative estimate of drug-likeness (QED) is 0.565. The lowest BCUT2D eigenvalue weighted by Crippen LogP contribution is -2.39. The van der Waals surface area contributed by atoms with Crippen molar-refractivity contribution in [3.63, 3.8) is 0 Å². The van der Waals surface area contributed by atoms with E-state index in [-0.39, 0.29) is 5.91 Å². The van der Waals surface area contributed by atoms with Crippen LogP contribution >= 0.6 is 0 Å². The molecular formula is C13H18N4O2. The van der Waals surface area contributed by atoms with Crippen LogP contribution in [0.3, 0.4) is 0 Å². The van der Waals surface area contributed by atoms with Gasteiger partial charge in [0.25, 0.3) is 0 Å². The van der Waals surface area contributed by atoms with E-state index in [2.05, 4.69) is 16.2 Å². The van der Waals surface area contributed by atoms with Crippen LogP contribution in [0.4, 0.5) is 10.5 Å². The van der Waals surface area contributed by atoms with Crippen molar-refractivity contribution in [1.82, 2.24) is 15.8 Å². The van der Waals surface area contributed by atoms with E-state index < -0.39 is 6.03 Å². The van der Waals surface area contributed by atoms with Gasteiger partial charge in [0.1, 0.15) is 0 Å². The number of nitrogens with zero attached hydrogens (tertiary/aromatic N) is 1. The summed E-state index contributed by atoms with van der Waals surface area (Å²) in [6.45, 7) is 1.68. The Morgan fingerprint density at radius 3 is 2.32 bits per heavy atom. The summed E-state index contributed by atoms with van der Waals surface area (Å²) < 4.78 is 0. The lowest BCUT2D eigenvalue weighted by molar-refractivity contribution is -0.123. The molecule has 0 radical (unpaired) electrons. The molecule has 6 heteroatoms. The zero-order chi connectivity index (χ0) is 14.3. The molecule has 0 heterocycles. The Morgan fingerprint density at radius 2 is 1.74 bits per heavy atom. The number of para-hydroxylation sites is 1. The summed E-state index contributed by atoms with van der Waals surface area (Å²) in [6.07, 6.45) is 1.39. The Labute approximate surface area is 112 Å². The topological polar surface area (TPSA) is 73.5 Å². The van der Waals surface area contributed by atoms with E-state index in [0.29, 0.717) is 11.4 Å². The van der Waals surface area contributed by atoms with E-state index in [4.69, 9.17) is 0 Å². The van der Waals surface area contributed by atoms with Crippen molar-refractivity contribution in [2.45, 2.75) is 6.92 Å². The Bertz CT molecular complexity index is 469. The lowest BCUT2D eigenvalue weighted by Gasteiger charge is -2.11. The first-order valence-electron chi connectivity index (χ1n) is 5.76. The predicted molar refractivity (Wildman–Crippen MR) is 74.2 cm³/mol. The molecule has 0 aromatic heterocycles. The minimum atomic E-state index is -0.406. The third kappa shape index (κ3) is 5.58. The van der Waals surface area contributed by atoms with E-state index in [0.717, 1.165) is 0 Å². The predicted octanol–water partition coefficient (Wildman–Crippen LogP) is 1.30. The molecule has 1 aromatic rings. The van der Waals surface area contributed by atoms with E-state index in [1.807, 2.05) is 18.2 Å². The highest BCUT2D eigenvalue weighted by Gasteiger charge is 2.02. The summed E-state index contributed by atoms with van der Waals surface area (Å²) in [6, 6.07) is 8.65. The van der Waals surface area contributed by atoms with Crippen molar-refractivity contribution < 1.29 is 9.59 Å². The summed E-state index contributed by atoms with van der Waals surface area (Å²) in [5.41, 5.74) is 6.31. The molecule has 3 amide bonds. The van der Waals surface area contributed by atoms with Crippen molar-refractivity contribution in [2.24, 2.45) is 0 Å². The first-order valence-corrected chi connectivity index (χ1v) is 5.76. The van der Waals surface area contributed by atoms with E-state index in [9.17, 15) is 9.59 Å². The number of benzene rings is 1. The van der Waals surface area contributed by atoms with Gasteiger partial charge in [0.05, 0.1) is 0 Å². The summed E-state index contributed by atoms with van der Waals surface area (Å²) in [4.78, 5) is 24.3. The molecule has 1 aromatic carbocycles. The van der Waals surface area contributed by atoms with Crippen molar-refractivity contribution in [1.29, 1.82) is 0 Å². The van der Waals surface area contributed by atoms with Crippen LogP contribution in [0.5, 0.6) is 0 Å². The summed E-state index contributed by atoms with van der Waals surface area (Å²) in [7, 11) is 3.31. The molecule has 0 aliphatic heterocycles. The number of likely N-dealkylation sites (N-methyl/N-ethyl adjacent to an activating group) is 1. The van der Waals surface area contributed by atoms with E-state index in [1.165, 1.54) is 11.0 Å². The van der Waals surface area contributed by atoms with Crippen LogP contribution < -0.4 is 16.2 Å². The molecule has 0 saturated carbocycles. The highest BCUT2D eigenvalue weighted by atomic mass is 16.2. The van der Waals surface area contributed by atoms with Gasteiger partial charge in [-0.05, 0) is 19.1 Å². The number of anilines is 1. The van der Waals surface area contributed by atoms with Gasteiger partial charge in [-0.15, -0.1) is 0 Å². The van der Waals surface area contributed by atoms with Crippen LogP contribution in [-0.4, -0.2) is 30.9 Å². The van der Waals surface area contributed by atoms with Gasteiger partial charge in [-0.1, -0.05) is 18.2 Å². The molecule has 6 nitrogen and oxygen atoms in total. The van der Waals surface area contributed by atoms with Crippen molar-refractivity contribution >= 4 is 17.6 Å². The second-order valence-corrected chi connectivity index (χ2v) is 4.13. The van der Waals surface area contributed by atoms with Crippen LogP contribution in [0.1, 0.15) is 6.92 Å². The molecule has 0 aliphatic carbocycles. The first-order chi connectivity index (χ1) is 8.99. The van der Waals surface area contributed by atoms with Crippen molar-refractivity contribution in [3.05, 3.63) is 42.1 Å². The number of amides is 3. The normalized spacial score (nSPS) is 10.6. The zero-order valence-electron chi connectivity index (χ0n) is 11.2. The van der Waals surface area contributed by atoms with Gasteiger partial charge in [0.2, 0.25) is 5.91 Å². The maximum Gasteiger partial charge on any atom is 0.337 e. The molecule has 0 bridgehead atoms. The molecule has 0 fully saturated rings. The number of allylic oxidation sites excluding steroid dienone is 1. The smallest absolute Gasteiger partial charge is 0.337 e. The van der Waals surface area contributed by atoms with E-state index >= 15 is 0 Å². The second-order valence-electron chi connectivity index (χ2n) is 4.13. The van der Waals surface area contributed by atoms with Gasteiger partial charge in [-0.3, -0.25) is 10.2 Å². The number of urea groups is 1. The molecule has 0 aliphatic rings. The van der Waals surface area contributed by atoms with Gasteiger partial charge in [-0.2, -0.15) is 0 Å². The Hall–Kier alpha value is -2.50. The third-order valence-corrected chi connectivity index (χ3v) is 2.19. The standard InChI is InChI=1S/C13H18N4O2/c1-10(9-12(18)17(2)3)15-16-13(19)14-11-7-5-4-6-8-11/h4-9,15H,1-3H3,(H2,14,16,19)/b10-9+. The van der Waals surface area contributed by atoms with Gasteiger partial charge in [-0.25, -0.2) is 4.79 Å². The second kappa shape index (κ2) is 7.05. The Kier molecular flexibility index (Phi) is 5.40. The molecular weight excluding hydrogens is 244 g/mol. The fourth-order valence-corrected chi connectivity index (χ4v) is 1.19. The summed E-state index contributed by atoms with van der Waals surface area (Å²) in [5, 5.41) is 2.64. The Morgan fingerprint density at radius 1 is 1.11 bits per heavy atom. The molecule has 0 spiro atoms. The minimum absolute atomic E-state index is 0.157. The van der Waals surface area contributed by atoms with Gasteiger partial charge < -0.3 is 15.6 Å². The van der Waals surface area contributed by atoms with Gasteiger partial charge in [0.15, 0.2) is 0 Å². The number of nitrogens with one attached hydrogen (secondary N) is 3. The molecule has 102 valence electrons.